The Kier molecular flexibility index (Phi) is 4.48. The van der Waals surface area contributed by atoms with Crippen LogP contribution in [0.2, 0.25) is 0 Å². The summed E-state index contributed by atoms with van der Waals surface area (Å²) in [4.78, 5) is 16.5. The average molecular weight is 392 g/mol. The molecule has 0 aliphatic carbocycles. The predicted octanol–water partition coefficient (Wildman–Crippen LogP) is 3.12. The number of nitrogen functional groups attached to an aromatic ring is 1. The van der Waals surface area contributed by atoms with Gasteiger partial charge in [0.15, 0.2) is 0 Å². The first-order valence-corrected chi connectivity index (χ1v) is 8.54. The van der Waals surface area contributed by atoms with E-state index in [2.05, 4.69) is 25.3 Å². The molecule has 0 aliphatic heterocycles. The molecule has 3 N–H and O–H groups in total. The van der Waals surface area contributed by atoms with Crippen molar-refractivity contribution in [2.45, 2.75) is 13.0 Å². The van der Waals surface area contributed by atoms with E-state index in [4.69, 9.17) is 5.73 Å². The average Bonchev–Trinajstić information content (AvgIpc) is 3.07. The quantitative estimate of drug-likeness (QED) is 0.548. The number of aromatic nitrogens is 5. The predicted molar refractivity (Wildman–Crippen MR) is 102 cm³/mol. The molecule has 0 bridgehead atoms. The first kappa shape index (κ1) is 18.2. The van der Waals surface area contributed by atoms with E-state index in [0.717, 1.165) is 6.07 Å². The van der Waals surface area contributed by atoms with E-state index in [1.54, 1.807) is 30.0 Å². The number of anilines is 2. The van der Waals surface area contributed by atoms with Crippen LogP contribution in [0.1, 0.15) is 24.4 Å². The van der Waals surface area contributed by atoms with E-state index in [1.807, 2.05) is 6.07 Å². The molecule has 3 aromatic heterocycles. The fourth-order valence-corrected chi connectivity index (χ4v) is 3.04. The normalized spacial score (nSPS) is 11.9. The maximum absolute atomic E-state index is 13.9. The summed E-state index contributed by atoms with van der Waals surface area (Å²) in [5.41, 5.74) is 7.26. The highest BCUT2D eigenvalue weighted by molar-refractivity contribution is 5.77. The lowest BCUT2D eigenvalue weighted by molar-refractivity contribution is 0.581. The third-order valence-electron chi connectivity index (χ3n) is 4.26. The molecule has 4 aromatic rings. The van der Waals surface area contributed by atoms with Crippen molar-refractivity contribution in [3.05, 3.63) is 65.9 Å². The van der Waals surface area contributed by atoms with Gasteiger partial charge in [-0.3, -0.25) is 9.55 Å². The second kappa shape index (κ2) is 7.12. The van der Waals surface area contributed by atoms with Crippen molar-refractivity contribution in [1.29, 1.82) is 5.26 Å². The summed E-state index contributed by atoms with van der Waals surface area (Å²) in [7, 11) is 0. The maximum atomic E-state index is 13.9. The van der Waals surface area contributed by atoms with Crippen LogP contribution in [0, 0.1) is 23.0 Å². The number of nitrogens with zero attached hydrogens (tertiary/aromatic N) is 6. The van der Waals surface area contributed by atoms with Gasteiger partial charge in [0.05, 0.1) is 29.6 Å². The molecule has 3 heterocycles. The Morgan fingerprint density at radius 3 is 2.66 bits per heavy atom. The number of fused-ring (bicyclic) bond motifs is 1. The van der Waals surface area contributed by atoms with Gasteiger partial charge in [0.1, 0.15) is 40.4 Å². The zero-order chi connectivity index (χ0) is 20.5. The van der Waals surface area contributed by atoms with Crippen LogP contribution >= 0.6 is 0 Å². The van der Waals surface area contributed by atoms with Crippen LogP contribution in [0.3, 0.4) is 0 Å². The minimum Gasteiger partial charge on any atom is -0.368 e. The topological polar surface area (TPSA) is 118 Å². The minimum atomic E-state index is -0.710. The largest absolute Gasteiger partial charge is 0.368 e. The summed E-state index contributed by atoms with van der Waals surface area (Å²) < 4.78 is 29.4. The molecule has 4 rings (SSSR count). The van der Waals surface area contributed by atoms with Gasteiger partial charge in [0, 0.05) is 12.3 Å². The molecule has 0 aliphatic rings. The van der Waals surface area contributed by atoms with Crippen molar-refractivity contribution in [1.82, 2.24) is 24.5 Å². The smallest absolute Gasteiger partial charge is 0.222 e. The van der Waals surface area contributed by atoms with E-state index in [0.29, 0.717) is 16.9 Å². The SMILES string of the molecule is C[C@H](Nc1nc(N)ncc1C#N)c1nc2cnccc2n1-c1cc(F)cc(F)c1. The van der Waals surface area contributed by atoms with E-state index < -0.39 is 17.7 Å². The summed E-state index contributed by atoms with van der Waals surface area (Å²) in [5, 5.41) is 12.4. The Labute approximate surface area is 163 Å². The molecule has 0 saturated carbocycles. The summed E-state index contributed by atoms with van der Waals surface area (Å²) in [6.45, 7) is 1.78. The van der Waals surface area contributed by atoms with E-state index >= 15 is 0 Å². The van der Waals surface area contributed by atoms with Crippen molar-refractivity contribution < 1.29 is 8.78 Å². The summed E-state index contributed by atoms with van der Waals surface area (Å²) in [6, 6.07) is 6.41. The van der Waals surface area contributed by atoms with Crippen LogP contribution in [0.25, 0.3) is 16.7 Å². The number of nitrogens with two attached hydrogens (primary N) is 1. The third kappa shape index (κ3) is 3.41. The fraction of sp³-hybridized carbons (Fsp3) is 0.105. The number of nitriles is 1. The molecule has 1 atom stereocenters. The number of halogens is 2. The molecule has 0 amide bonds. The lowest BCUT2D eigenvalue weighted by Gasteiger charge is -2.17. The summed E-state index contributed by atoms with van der Waals surface area (Å²) >= 11 is 0. The molecule has 29 heavy (non-hydrogen) atoms. The van der Waals surface area contributed by atoms with Crippen molar-refractivity contribution in [3.8, 4) is 11.8 Å². The van der Waals surface area contributed by atoms with E-state index in [1.165, 1.54) is 18.3 Å². The number of hydrogen-bond donors (Lipinski definition) is 2. The van der Waals surface area contributed by atoms with E-state index in [-0.39, 0.29) is 23.0 Å². The monoisotopic (exact) mass is 392 g/mol. The standard InChI is InChI=1S/C19H14F2N8/c1-10(26-17-11(7-22)8-25-19(23)28-17)18-27-15-9-24-3-2-16(15)29(18)14-5-12(20)4-13(21)6-14/h2-6,8-10H,1H3,(H3,23,25,26,28)/t10-/m0/s1. The molecule has 144 valence electrons. The number of benzene rings is 1. The van der Waals surface area contributed by atoms with Gasteiger partial charge in [0.2, 0.25) is 5.95 Å². The van der Waals surface area contributed by atoms with Crippen molar-refractivity contribution >= 4 is 22.8 Å². The molecular formula is C19H14F2N8. The van der Waals surface area contributed by atoms with Crippen LogP contribution in [0.4, 0.5) is 20.5 Å². The first-order valence-electron chi connectivity index (χ1n) is 8.54. The van der Waals surface area contributed by atoms with Crippen LogP contribution in [-0.4, -0.2) is 24.5 Å². The van der Waals surface area contributed by atoms with Crippen LogP contribution in [0.15, 0.2) is 42.9 Å². The first-order chi connectivity index (χ1) is 14.0. The Hall–Kier alpha value is -4.13. The summed E-state index contributed by atoms with van der Waals surface area (Å²) in [6.07, 6.45) is 4.43. The van der Waals surface area contributed by atoms with E-state index in [9.17, 15) is 14.0 Å². The van der Waals surface area contributed by atoms with Crippen LogP contribution in [0.5, 0.6) is 0 Å². The van der Waals surface area contributed by atoms with Crippen molar-refractivity contribution in [2.75, 3.05) is 11.1 Å². The number of nitrogens with one attached hydrogen (secondary N) is 1. The molecular weight excluding hydrogens is 378 g/mol. The molecule has 0 saturated heterocycles. The summed E-state index contributed by atoms with van der Waals surface area (Å²) in [5.74, 6) is -0.743. The Balaban J connectivity index is 1.86. The number of rotatable bonds is 4. The number of hydrogen-bond acceptors (Lipinski definition) is 7. The van der Waals surface area contributed by atoms with Crippen LogP contribution in [-0.2, 0) is 0 Å². The Bertz CT molecular complexity index is 1240. The fourth-order valence-electron chi connectivity index (χ4n) is 3.04. The van der Waals surface area contributed by atoms with Crippen molar-refractivity contribution in [2.24, 2.45) is 0 Å². The van der Waals surface area contributed by atoms with Gasteiger partial charge >= 0.3 is 0 Å². The Morgan fingerprint density at radius 2 is 1.93 bits per heavy atom. The van der Waals surface area contributed by atoms with Gasteiger partial charge in [-0.1, -0.05) is 0 Å². The van der Waals surface area contributed by atoms with Gasteiger partial charge in [-0.25, -0.2) is 18.7 Å². The highest BCUT2D eigenvalue weighted by Gasteiger charge is 2.20. The number of imidazole rings is 1. The molecule has 10 heteroatoms. The zero-order valence-corrected chi connectivity index (χ0v) is 15.1. The molecule has 0 radical (unpaired) electrons. The van der Waals surface area contributed by atoms with Crippen molar-refractivity contribution in [3.63, 3.8) is 0 Å². The van der Waals surface area contributed by atoms with Gasteiger partial charge in [-0.15, -0.1) is 0 Å². The lowest BCUT2D eigenvalue weighted by atomic mass is 10.2. The molecule has 1 aromatic carbocycles. The molecule has 8 nitrogen and oxygen atoms in total. The highest BCUT2D eigenvalue weighted by atomic mass is 19.1. The second-order valence-corrected chi connectivity index (χ2v) is 6.27. The molecule has 0 spiro atoms. The minimum absolute atomic E-state index is 0.00334. The Morgan fingerprint density at radius 1 is 1.17 bits per heavy atom. The van der Waals surface area contributed by atoms with Gasteiger partial charge in [0.25, 0.3) is 0 Å². The van der Waals surface area contributed by atoms with Gasteiger partial charge in [-0.05, 0) is 25.1 Å². The third-order valence-corrected chi connectivity index (χ3v) is 4.26. The zero-order valence-electron chi connectivity index (χ0n) is 15.1. The molecule has 0 unspecified atom stereocenters. The molecule has 0 fully saturated rings. The number of pyridine rings is 1. The maximum Gasteiger partial charge on any atom is 0.222 e. The second-order valence-electron chi connectivity index (χ2n) is 6.27. The van der Waals surface area contributed by atoms with Crippen LogP contribution < -0.4 is 11.1 Å². The van der Waals surface area contributed by atoms with Gasteiger partial charge < -0.3 is 11.1 Å². The highest BCUT2D eigenvalue weighted by Crippen LogP contribution is 2.28. The lowest BCUT2D eigenvalue weighted by Crippen LogP contribution is -2.15. The van der Waals surface area contributed by atoms with Gasteiger partial charge in [-0.2, -0.15) is 10.2 Å².